The average molecular weight is 175 g/mol. The highest BCUT2D eigenvalue weighted by atomic mass is 14.7. The van der Waals surface area contributed by atoms with E-state index in [1.54, 1.807) is 0 Å². The molecule has 2 rings (SSSR count). The minimum Gasteiger partial charge on any atom is -0.261 e. The van der Waals surface area contributed by atoms with Crippen LogP contribution in [0.1, 0.15) is 43.0 Å². The number of hydrogen-bond donors (Lipinski definition) is 0. The largest absolute Gasteiger partial charge is 0.261 e. The van der Waals surface area contributed by atoms with Gasteiger partial charge >= 0.3 is 0 Å². The van der Waals surface area contributed by atoms with Gasteiger partial charge in [-0.25, -0.2) is 0 Å². The Bertz CT molecular complexity index is 291. The van der Waals surface area contributed by atoms with E-state index >= 15 is 0 Å². The van der Waals surface area contributed by atoms with Crippen LogP contribution in [0.25, 0.3) is 0 Å². The minimum atomic E-state index is 1.11. The molecule has 0 unspecified atom stereocenters. The first-order chi connectivity index (χ1) is 6.40. The van der Waals surface area contributed by atoms with Gasteiger partial charge in [-0.3, -0.25) is 4.98 Å². The minimum absolute atomic E-state index is 1.11. The number of fused-ring (bicyclic) bond motifs is 1. The highest BCUT2D eigenvalue weighted by Gasteiger charge is 2.08. The second kappa shape index (κ2) is 3.91. The van der Waals surface area contributed by atoms with Crippen molar-refractivity contribution in [1.82, 2.24) is 4.98 Å². The van der Waals surface area contributed by atoms with Gasteiger partial charge in [0.1, 0.15) is 0 Å². The van der Waals surface area contributed by atoms with Crippen LogP contribution in [0.2, 0.25) is 0 Å². The summed E-state index contributed by atoms with van der Waals surface area (Å²) in [4.78, 5) is 4.55. The normalized spacial score (nSPS) is 16.4. The van der Waals surface area contributed by atoms with E-state index < -0.39 is 0 Å². The van der Waals surface area contributed by atoms with Crippen LogP contribution in [0.5, 0.6) is 0 Å². The maximum Gasteiger partial charge on any atom is 0.0435 e. The van der Waals surface area contributed by atoms with E-state index in [0.717, 1.165) is 6.42 Å². The van der Waals surface area contributed by atoms with Crippen LogP contribution in [0.3, 0.4) is 0 Å². The summed E-state index contributed by atoms with van der Waals surface area (Å²) in [7, 11) is 0. The zero-order valence-corrected chi connectivity index (χ0v) is 8.34. The van der Waals surface area contributed by atoms with Crippen molar-refractivity contribution in [1.29, 1.82) is 0 Å². The molecule has 0 aliphatic heterocycles. The fourth-order valence-electron chi connectivity index (χ4n) is 2.01. The lowest BCUT2D eigenvalue weighted by molar-refractivity contribution is 0.708. The van der Waals surface area contributed by atoms with Crippen LogP contribution in [-0.4, -0.2) is 4.98 Å². The van der Waals surface area contributed by atoms with Crippen molar-refractivity contribution in [3.8, 4) is 0 Å². The lowest BCUT2D eigenvalue weighted by atomic mass is 10.1. The van der Waals surface area contributed by atoms with Crippen LogP contribution < -0.4 is 0 Å². The molecular weight excluding hydrogens is 158 g/mol. The molecule has 0 N–H and O–H groups in total. The number of hydrogen-bond acceptors (Lipinski definition) is 1. The van der Waals surface area contributed by atoms with Gasteiger partial charge in [0.2, 0.25) is 0 Å². The van der Waals surface area contributed by atoms with Crippen LogP contribution in [0.4, 0.5) is 0 Å². The van der Waals surface area contributed by atoms with Crippen molar-refractivity contribution >= 4 is 0 Å². The Morgan fingerprint density at radius 1 is 1.23 bits per heavy atom. The molecule has 0 saturated carbocycles. The van der Waals surface area contributed by atoms with Crippen molar-refractivity contribution in [2.45, 2.75) is 45.4 Å². The lowest BCUT2D eigenvalue weighted by Gasteiger charge is -2.05. The molecule has 0 fully saturated rings. The van der Waals surface area contributed by atoms with Crippen molar-refractivity contribution in [2.24, 2.45) is 0 Å². The summed E-state index contributed by atoms with van der Waals surface area (Å²) >= 11 is 0. The molecule has 0 amide bonds. The average Bonchev–Trinajstić information content (AvgIpc) is 2.41. The number of nitrogens with zero attached hydrogens (tertiary/aromatic N) is 1. The van der Waals surface area contributed by atoms with Crippen molar-refractivity contribution < 1.29 is 0 Å². The third-order valence-corrected chi connectivity index (χ3v) is 2.88. The maximum absolute atomic E-state index is 4.55. The Kier molecular flexibility index (Phi) is 2.62. The van der Waals surface area contributed by atoms with Crippen LogP contribution in [0, 0.1) is 0 Å². The maximum atomic E-state index is 4.55. The third-order valence-electron chi connectivity index (χ3n) is 2.88. The molecule has 13 heavy (non-hydrogen) atoms. The molecule has 1 nitrogen and oxygen atoms in total. The molecule has 1 heteroatoms. The Hall–Kier alpha value is -0.850. The molecule has 0 bridgehead atoms. The van der Waals surface area contributed by atoms with Gasteiger partial charge < -0.3 is 0 Å². The van der Waals surface area contributed by atoms with Gasteiger partial charge in [0, 0.05) is 11.9 Å². The molecule has 1 aromatic rings. The van der Waals surface area contributed by atoms with Gasteiger partial charge in [-0.1, -0.05) is 19.4 Å². The SMILES string of the molecule is CCc1cnc2c(c1)CCCCC2. The van der Waals surface area contributed by atoms with Gasteiger partial charge in [0.15, 0.2) is 0 Å². The van der Waals surface area contributed by atoms with E-state index in [4.69, 9.17) is 0 Å². The summed E-state index contributed by atoms with van der Waals surface area (Å²) in [6, 6.07) is 2.35. The Morgan fingerprint density at radius 3 is 2.92 bits per heavy atom. The summed E-state index contributed by atoms with van der Waals surface area (Å²) in [6.07, 6.45) is 9.64. The summed E-state index contributed by atoms with van der Waals surface area (Å²) < 4.78 is 0. The summed E-state index contributed by atoms with van der Waals surface area (Å²) in [5, 5.41) is 0. The van der Waals surface area contributed by atoms with Gasteiger partial charge in [0.25, 0.3) is 0 Å². The fourth-order valence-corrected chi connectivity index (χ4v) is 2.01. The summed E-state index contributed by atoms with van der Waals surface area (Å²) in [5.74, 6) is 0. The zero-order valence-electron chi connectivity index (χ0n) is 8.34. The van der Waals surface area contributed by atoms with Crippen LogP contribution in [0.15, 0.2) is 12.3 Å². The summed E-state index contributed by atoms with van der Waals surface area (Å²) in [6.45, 7) is 2.19. The molecule has 0 radical (unpaired) electrons. The zero-order chi connectivity index (χ0) is 9.10. The van der Waals surface area contributed by atoms with Crippen LogP contribution >= 0.6 is 0 Å². The quantitative estimate of drug-likeness (QED) is 0.598. The molecule has 0 aromatic carbocycles. The third kappa shape index (κ3) is 1.90. The molecule has 70 valence electrons. The second-order valence-corrected chi connectivity index (χ2v) is 3.86. The van der Waals surface area contributed by atoms with Gasteiger partial charge in [-0.15, -0.1) is 0 Å². The first kappa shape index (κ1) is 8.74. The number of aromatic nitrogens is 1. The van der Waals surface area contributed by atoms with Crippen LogP contribution in [-0.2, 0) is 19.3 Å². The van der Waals surface area contributed by atoms with Crippen molar-refractivity contribution in [2.75, 3.05) is 0 Å². The molecule has 1 aromatic heterocycles. The Balaban J connectivity index is 2.32. The molecule has 1 aliphatic rings. The van der Waals surface area contributed by atoms with E-state index in [-0.39, 0.29) is 0 Å². The highest BCUT2D eigenvalue weighted by Crippen LogP contribution is 2.19. The first-order valence-electron chi connectivity index (χ1n) is 5.37. The Labute approximate surface area is 80.2 Å². The number of aryl methyl sites for hydroxylation is 3. The number of rotatable bonds is 1. The standard InChI is InChI=1S/C12H17N/c1-2-10-8-11-6-4-3-5-7-12(11)13-9-10/h8-9H,2-7H2,1H3. The molecular formula is C12H17N. The molecule has 1 aliphatic carbocycles. The molecule has 0 saturated heterocycles. The molecule has 0 atom stereocenters. The van der Waals surface area contributed by atoms with E-state index in [1.807, 2.05) is 6.20 Å². The van der Waals surface area contributed by atoms with Gasteiger partial charge in [0.05, 0.1) is 0 Å². The lowest BCUT2D eigenvalue weighted by Crippen LogP contribution is -1.96. The predicted octanol–water partition coefficient (Wildman–Crippen LogP) is 2.91. The van der Waals surface area contributed by atoms with E-state index in [9.17, 15) is 0 Å². The highest BCUT2D eigenvalue weighted by molar-refractivity contribution is 5.26. The second-order valence-electron chi connectivity index (χ2n) is 3.86. The number of pyridine rings is 1. The molecule has 1 heterocycles. The Morgan fingerprint density at radius 2 is 2.08 bits per heavy atom. The van der Waals surface area contributed by atoms with E-state index in [2.05, 4.69) is 18.0 Å². The smallest absolute Gasteiger partial charge is 0.0435 e. The van der Waals surface area contributed by atoms with E-state index in [1.165, 1.54) is 48.9 Å². The monoisotopic (exact) mass is 175 g/mol. The molecule has 0 spiro atoms. The van der Waals surface area contributed by atoms with Gasteiger partial charge in [-0.2, -0.15) is 0 Å². The fraction of sp³-hybridized carbons (Fsp3) is 0.583. The van der Waals surface area contributed by atoms with Gasteiger partial charge in [-0.05, 0) is 43.2 Å². The first-order valence-corrected chi connectivity index (χ1v) is 5.37. The topological polar surface area (TPSA) is 12.9 Å². The van der Waals surface area contributed by atoms with Crippen molar-refractivity contribution in [3.63, 3.8) is 0 Å². The predicted molar refractivity (Wildman–Crippen MR) is 54.9 cm³/mol. The summed E-state index contributed by atoms with van der Waals surface area (Å²) in [5.41, 5.74) is 4.26. The van der Waals surface area contributed by atoms with E-state index in [0.29, 0.717) is 0 Å². The van der Waals surface area contributed by atoms with Crippen molar-refractivity contribution in [3.05, 3.63) is 29.1 Å².